The lowest BCUT2D eigenvalue weighted by molar-refractivity contribution is 0.463. The van der Waals surface area contributed by atoms with Crippen LogP contribution in [0, 0.1) is 0 Å². The minimum atomic E-state index is 0.559. The smallest absolute Gasteiger partial charge is 0.119 e. The molecular weight excluding hydrogens is 388 g/mol. The molecule has 0 heterocycles. The Morgan fingerprint density at radius 1 is 0.438 bits per heavy atom. The number of hydrogen-bond donors (Lipinski definition) is 1. The zero-order chi connectivity index (χ0) is 23.3. The first-order chi connectivity index (χ1) is 15.7. The molecule has 1 aromatic carbocycles. The SMILES string of the molecule is CCCCCCCCCCc1c(O)ccc(CCCCCC)c1CCCCCCCCC. The first-order valence-corrected chi connectivity index (χ1v) is 14.6. The number of rotatable bonds is 22. The van der Waals surface area contributed by atoms with Crippen molar-refractivity contribution in [3.63, 3.8) is 0 Å². The van der Waals surface area contributed by atoms with Crippen molar-refractivity contribution in [2.45, 2.75) is 162 Å². The molecule has 0 aliphatic carbocycles. The van der Waals surface area contributed by atoms with Gasteiger partial charge in [0.15, 0.2) is 0 Å². The second-order valence-electron chi connectivity index (χ2n) is 10.1. The Labute approximate surface area is 201 Å². The van der Waals surface area contributed by atoms with E-state index in [-0.39, 0.29) is 0 Å². The molecule has 1 rings (SSSR count). The highest BCUT2D eigenvalue weighted by Gasteiger charge is 2.13. The quantitative estimate of drug-likeness (QED) is 0.176. The number of aromatic hydroxyl groups is 1. The van der Waals surface area contributed by atoms with Crippen LogP contribution in [0.3, 0.4) is 0 Å². The third kappa shape index (κ3) is 13.5. The molecule has 0 aromatic heterocycles. The lowest BCUT2D eigenvalue weighted by Gasteiger charge is -2.17. The number of phenolic OH excluding ortho intramolecular Hbond substituents is 1. The molecule has 0 amide bonds. The third-order valence-corrected chi connectivity index (χ3v) is 7.11. The number of benzene rings is 1. The molecule has 0 radical (unpaired) electrons. The number of unbranched alkanes of at least 4 members (excludes halogenated alkanes) is 16. The van der Waals surface area contributed by atoms with Crippen molar-refractivity contribution >= 4 is 0 Å². The summed E-state index contributed by atoms with van der Waals surface area (Å²) in [6, 6.07) is 4.22. The highest BCUT2D eigenvalue weighted by atomic mass is 16.3. The standard InChI is InChI=1S/C31H56O/c1-4-7-10-13-15-17-19-22-25-30-29(24-21-18-16-14-11-8-5-2)28(26-27-31(30)32)23-20-12-9-6-3/h26-27,32H,4-25H2,1-3H3. The molecule has 0 bridgehead atoms. The van der Waals surface area contributed by atoms with E-state index >= 15 is 0 Å². The molecule has 1 N–H and O–H groups in total. The molecule has 32 heavy (non-hydrogen) atoms. The van der Waals surface area contributed by atoms with Crippen LogP contribution >= 0.6 is 0 Å². The van der Waals surface area contributed by atoms with Crippen LogP contribution in [-0.4, -0.2) is 5.11 Å². The van der Waals surface area contributed by atoms with E-state index < -0.39 is 0 Å². The van der Waals surface area contributed by atoms with Crippen LogP contribution in [0.15, 0.2) is 12.1 Å². The van der Waals surface area contributed by atoms with Crippen LogP contribution in [0.25, 0.3) is 0 Å². The molecule has 0 unspecified atom stereocenters. The van der Waals surface area contributed by atoms with Crippen molar-refractivity contribution < 1.29 is 5.11 Å². The van der Waals surface area contributed by atoms with Gasteiger partial charge in [0.05, 0.1) is 0 Å². The fourth-order valence-corrected chi connectivity index (χ4v) is 4.99. The minimum absolute atomic E-state index is 0.559. The fraction of sp³-hybridized carbons (Fsp3) is 0.806. The maximum atomic E-state index is 10.7. The second-order valence-corrected chi connectivity index (χ2v) is 10.1. The van der Waals surface area contributed by atoms with E-state index in [0.717, 1.165) is 12.8 Å². The van der Waals surface area contributed by atoms with E-state index in [1.54, 1.807) is 0 Å². The largest absolute Gasteiger partial charge is 0.508 e. The van der Waals surface area contributed by atoms with E-state index in [0.29, 0.717) is 5.75 Å². The van der Waals surface area contributed by atoms with Gasteiger partial charge in [-0.15, -0.1) is 0 Å². The Balaban J connectivity index is 2.60. The topological polar surface area (TPSA) is 20.2 Å². The minimum Gasteiger partial charge on any atom is -0.508 e. The summed E-state index contributed by atoms with van der Waals surface area (Å²) in [4.78, 5) is 0. The Morgan fingerprint density at radius 2 is 0.812 bits per heavy atom. The van der Waals surface area contributed by atoms with Gasteiger partial charge in [-0.25, -0.2) is 0 Å². The number of hydrogen-bond acceptors (Lipinski definition) is 1. The van der Waals surface area contributed by atoms with Crippen molar-refractivity contribution in [1.29, 1.82) is 0 Å². The van der Waals surface area contributed by atoms with Gasteiger partial charge < -0.3 is 5.11 Å². The second kappa shape index (κ2) is 20.6. The van der Waals surface area contributed by atoms with Crippen LogP contribution in [-0.2, 0) is 19.3 Å². The van der Waals surface area contributed by atoms with E-state index in [1.165, 1.54) is 145 Å². The Hall–Kier alpha value is -0.980. The van der Waals surface area contributed by atoms with Gasteiger partial charge in [-0.1, -0.05) is 130 Å². The molecule has 0 aliphatic rings. The van der Waals surface area contributed by atoms with Gasteiger partial charge in [-0.05, 0) is 61.3 Å². The molecule has 0 fully saturated rings. The molecule has 1 heteroatoms. The number of aryl methyl sites for hydroxylation is 1. The van der Waals surface area contributed by atoms with Gasteiger partial charge in [-0.3, -0.25) is 0 Å². The fourth-order valence-electron chi connectivity index (χ4n) is 4.99. The maximum absolute atomic E-state index is 10.7. The van der Waals surface area contributed by atoms with Crippen LogP contribution in [0.4, 0.5) is 0 Å². The van der Waals surface area contributed by atoms with Gasteiger partial charge in [0.2, 0.25) is 0 Å². The summed E-state index contributed by atoms with van der Waals surface area (Å²) in [7, 11) is 0. The van der Waals surface area contributed by atoms with Crippen LogP contribution in [0.1, 0.15) is 159 Å². The molecule has 0 saturated heterocycles. The van der Waals surface area contributed by atoms with E-state index in [2.05, 4.69) is 26.8 Å². The summed E-state index contributed by atoms with van der Waals surface area (Å²) >= 11 is 0. The summed E-state index contributed by atoms with van der Waals surface area (Å²) in [5, 5.41) is 10.7. The van der Waals surface area contributed by atoms with E-state index in [4.69, 9.17) is 0 Å². The van der Waals surface area contributed by atoms with E-state index in [1.807, 2.05) is 6.07 Å². The average molecular weight is 445 g/mol. The summed E-state index contributed by atoms with van der Waals surface area (Å²) in [6.45, 7) is 6.86. The first-order valence-electron chi connectivity index (χ1n) is 14.6. The van der Waals surface area contributed by atoms with Crippen LogP contribution < -0.4 is 0 Å². The predicted molar refractivity (Wildman–Crippen MR) is 144 cm³/mol. The van der Waals surface area contributed by atoms with Crippen molar-refractivity contribution in [3.8, 4) is 5.75 Å². The predicted octanol–water partition coefficient (Wildman–Crippen LogP) is 10.5. The van der Waals surface area contributed by atoms with Crippen molar-refractivity contribution in [1.82, 2.24) is 0 Å². The van der Waals surface area contributed by atoms with Gasteiger partial charge in [0, 0.05) is 0 Å². The van der Waals surface area contributed by atoms with Gasteiger partial charge in [-0.2, -0.15) is 0 Å². The average Bonchev–Trinajstić information content (AvgIpc) is 2.80. The van der Waals surface area contributed by atoms with Gasteiger partial charge in [0.1, 0.15) is 5.75 Å². The highest BCUT2D eigenvalue weighted by Crippen LogP contribution is 2.30. The lowest BCUT2D eigenvalue weighted by atomic mass is 9.89. The van der Waals surface area contributed by atoms with Crippen molar-refractivity contribution in [2.75, 3.05) is 0 Å². The molecule has 1 aromatic rings. The number of phenols is 1. The van der Waals surface area contributed by atoms with Crippen molar-refractivity contribution in [3.05, 3.63) is 28.8 Å². The van der Waals surface area contributed by atoms with Crippen molar-refractivity contribution in [2.24, 2.45) is 0 Å². The highest BCUT2D eigenvalue weighted by molar-refractivity contribution is 5.45. The summed E-state index contributed by atoms with van der Waals surface area (Å²) in [5.74, 6) is 0.559. The Kier molecular flexibility index (Phi) is 18.7. The summed E-state index contributed by atoms with van der Waals surface area (Å²) in [6.07, 6.45) is 29.0. The molecule has 1 nitrogen and oxygen atoms in total. The summed E-state index contributed by atoms with van der Waals surface area (Å²) in [5.41, 5.74) is 4.33. The molecule has 0 aliphatic heterocycles. The van der Waals surface area contributed by atoms with Crippen LogP contribution in [0.2, 0.25) is 0 Å². The van der Waals surface area contributed by atoms with Gasteiger partial charge in [0.25, 0.3) is 0 Å². The van der Waals surface area contributed by atoms with Crippen LogP contribution in [0.5, 0.6) is 5.75 Å². The van der Waals surface area contributed by atoms with E-state index in [9.17, 15) is 5.11 Å². The zero-order valence-electron chi connectivity index (χ0n) is 22.2. The zero-order valence-corrected chi connectivity index (χ0v) is 22.2. The molecule has 186 valence electrons. The molecule has 0 atom stereocenters. The normalized spacial score (nSPS) is 11.3. The molecular formula is C31H56O. The third-order valence-electron chi connectivity index (χ3n) is 7.11. The lowest BCUT2D eigenvalue weighted by Crippen LogP contribution is -2.03. The summed E-state index contributed by atoms with van der Waals surface area (Å²) < 4.78 is 0. The monoisotopic (exact) mass is 444 g/mol. The Bertz CT molecular complexity index is 548. The van der Waals surface area contributed by atoms with Gasteiger partial charge >= 0.3 is 0 Å². The first kappa shape index (κ1) is 29.1. The Morgan fingerprint density at radius 3 is 1.31 bits per heavy atom. The molecule has 0 spiro atoms. The molecule has 0 saturated carbocycles. The maximum Gasteiger partial charge on any atom is 0.119 e.